The summed E-state index contributed by atoms with van der Waals surface area (Å²) in [4.78, 5) is 9.27. The molecule has 3 aromatic rings. The molecule has 1 aliphatic rings. The van der Waals surface area contributed by atoms with Gasteiger partial charge in [0.05, 0.1) is 5.39 Å². The number of benzene rings is 1. The fourth-order valence-corrected chi connectivity index (χ4v) is 3.98. The Labute approximate surface area is 165 Å². The number of unbranched alkanes of at least 4 members (excludes halogenated alkanes) is 1. The van der Waals surface area contributed by atoms with Crippen molar-refractivity contribution < 1.29 is 4.39 Å². The molecule has 6 heteroatoms. The van der Waals surface area contributed by atoms with E-state index in [1.54, 1.807) is 12.1 Å². The van der Waals surface area contributed by atoms with Crippen LogP contribution in [0.4, 0.5) is 10.3 Å². The minimum Gasteiger partial charge on any atom is -0.354 e. The van der Waals surface area contributed by atoms with E-state index < -0.39 is 0 Å². The molecule has 2 heterocycles. The summed E-state index contributed by atoms with van der Waals surface area (Å²) in [6.45, 7) is 3.91. The smallest absolute Gasteiger partial charge is 0.224 e. The Morgan fingerprint density at radius 3 is 2.68 bits per heavy atom. The van der Waals surface area contributed by atoms with E-state index in [2.05, 4.69) is 17.2 Å². The first-order valence-corrected chi connectivity index (χ1v) is 10.5. The van der Waals surface area contributed by atoms with E-state index in [0.717, 1.165) is 48.2 Å². The van der Waals surface area contributed by atoms with Crippen LogP contribution in [-0.2, 0) is 6.54 Å². The maximum absolute atomic E-state index is 13.4. The van der Waals surface area contributed by atoms with Gasteiger partial charge in [-0.2, -0.15) is 10.1 Å². The van der Waals surface area contributed by atoms with E-state index in [1.807, 2.05) is 10.9 Å². The maximum atomic E-state index is 13.4. The zero-order valence-electron chi connectivity index (χ0n) is 16.5. The van der Waals surface area contributed by atoms with Crippen molar-refractivity contribution in [3.8, 4) is 11.3 Å². The van der Waals surface area contributed by atoms with Crippen LogP contribution in [0.5, 0.6) is 0 Å². The van der Waals surface area contributed by atoms with E-state index in [1.165, 1.54) is 44.2 Å². The van der Waals surface area contributed by atoms with Gasteiger partial charge in [-0.05, 0) is 49.4 Å². The van der Waals surface area contributed by atoms with Gasteiger partial charge in [0.1, 0.15) is 11.5 Å². The van der Waals surface area contributed by atoms with E-state index in [9.17, 15) is 4.39 Å². The highest BCUT2D eigenvalue weighted by molar-refractivity contribution is 5.91. The molecule has 1 aromatic carbocycles. The van der Waals surface area contributed by atoms with Crippen LogP contribution >= 0.6 is 0 Å². The largest absolute Gasteiger partial charge is 0.354 e. The molecule has 0 unspecified atom stereocenters. The normalized spacial score (nSPS) is 15.2. The highest BCUT2D eigenvalue weighted by Crippen LogP contribution is 2.30. The number of anilines is 1. The Morgan fingerprint density at radius 1 is 1.14 bits per heavy atom. The molecule has 28 heavy (non-hydrogen) atoms. The van der Waals surface area contributed by atoms with Crippen LogP contribution in [0.25, 0.3) is 22.3 Å². The maximum Gasteiger partial charge on any atom is 0.224 e. The molecule has 4 rings (SSSR count). The minimum absolute atomic E-state index is 0.242. The summed E-state index contributed by atoms with van der Waals surface area (Å²) in [6.07, 6.45) is 10.5. The van der Waals surface area contributed by atoms with Gasteiger partial charge in [-0.25, -0.2) is 14.1 Å². The Kier molecular flexibility index (Phi) is 5.84. The third-order valence-corrected chi connectivity index (χ3v) is 5.58. The molecule has 1 saturated carbocycles. The zero-order valence-corrected chi connectivity index (χ0v) is 16.5. The van der Waals surface area contributed by atoms with Crippen molar-refractivity contribution in [2.24, 2.45) is 5.92 Å². The van der Waals surface area contributed by atoms with Crippen LogP contribution in [-0.4, -0.2) is 26.3 Å². The van der Waals surface area contributed by atoms with Gasteiger partial charge < -0.3 is 5.32 Å². The lowest BCUT2D eigenvalue weighted by Gasteiger charge is -2.21. The van der Waals surface area contributed by atoms with Crippen LogP contribution in [0.2, 0.25) is 0 Å². The van der Waals surface area contributed by atoms with Crippen LogP contribution in [0, 0.1) is 11.7 Å². The fourth-order valence-electron chi connectivity index (χ4n) is 3.98. The number of aromatic nitrogens is 4. The summed E-state index contributed by atoms with van der Waals surface area (Å²) in [6, 6.07) is 6.50. The summed E-state index contributed by atoms with van der Waals surface area (Å²) < 4.78 is 15.4. The van der Waals surface area contributed by atoms with Crippen molar-refractivity contribution in [2.45, 2.75) is 58.4 Å². The van der Waals surface area contributed by atoms with Gasteiger partial charge in [-0.1, -0.05) is 32.6 Å². The Hall–Kier alpha value is -2.50. The summed E-state index contributed by atoms with van der Waals surface area (Å²) in [5.41, 5.74) is 2.58. The summed E-state index contributed by atoms with van der Waals surface area (Å²) in [7, 11) is 0. The molecule has 2 aromatic heterocycles. The van der Waals surface area contributed by atoms with Gasteiger partial charge in [-0.15, -0.1) is 0 Å². The van der Waals surface area contributed by atoms with Crippen molar-refractivity contribution in [1.82, 2.24) is 19.7 Å². The Bertz CT molecular complexity index is 913. The highest BCUT2D eigenvalue weighted by Gasteiger charge is 2.20. The molecule has 5 nitrogen and oxygen atoms in total. The second-order valence-electron chi connectivity index (χ2n) is 7.75. The first-order valence-electron chi connectivity index (χ1n) is 10.5. The van der Waals surface area contributed by atoms with Crippen LogP contribution in [0.1, 0.15) is 51.9 Å². The molecule has 1 aliphatic carbocycles. The lowest BCUT2D eigenvalue weighted by molar-refractivity contribution is 0.311. The molecule has 1 N–H and O–H groups in total. The minimum atomic E-state index is -0.242. The average molecular weight is 381 g/mol. The number of hydrogen-bond acceptors (Lipinski definition) is 4. The second-order valence-corrected chi connectivity index (χ2v) is 7.75. The molecule has 0 saturated heterocycles. The standard InChI is InChI=1S/C22H28FN5/c1-2-3-13-24-22-25-14-19-20(17-9-11-18(23)12-10-17)27-28(21(19)26-22)15-16-7-5-4-6-8-16/h9-12,14,16H,2-8,13,15H2,1H3,(H,24,25,26). The molecule has 148 valence electrons. The molecule has 0 bridgehead atoms. The number of nitrogens with zero attached hydrogens (tertiary/aromatic N) is 4. The monoisotopic (exact) mass is 381 g/mol. The Balaban J connectivity index is 1.71. The van der Waals surface area contributed by atoms with Crippen molar-refractivity contribution in [2.75, 3.05) is 11.9 Å². The molecule has 0 atom stereocenters. The summed E-state index contributed by atoms with van der Waals surface area (Å²) in [5.74, 6) is 1.05. The lowest BCUT2D eigenvalue weighted by atomic mass is 9.89. The molecular weight excluding hydrogens is 353 g/mol. The summed E-state index contributed by atoms with van der Waals surface area (Å²) in [5, 5.41) is 9.12. The van der Waals surface area contributed by atoms with E-state index in [-0.39, 0.29) is 5.82 Å². The van der Waals surface area contributed by atoms with Crippen LogP contribution < -0.4 is 5.32 Å². The quantitative estimate of drug-likeness (QED) is 0.555. The first kappa shape index (κ1) is 18.8. The molecule has 0 radical (unpaired) electrons. The van der Waals surface area contributed by atoms with Crippen molar-refractivity contribution in [1.29, 1.82) is 0 Å². The fraction of sp³-hybridized carbons (Fsp3) is 0.500. The molecule has 1 fully saturated rings. The van der Waals surface area contributed by atoms with Crippen molar-refractivity contribution in [3.63, 3.8) is 0 Å². The lowest BCUT2D eigenvalue weighted by Crippen LogP contribution is -2.15. The predicted octanol–water partition coefficient (Wildman–Crippen LogP) is 5.42. The van der Waals surface area contributed by atoms with E-state index >= 15 is 0 Å². The van der Waals surface area contributed by atoms with Gasteiger partial charge in [0, 0.05) is 24.8 Å². The number of hydrogen-bond donors (Lipinski definition) is 1. The molecular formula is C22H28FN5. The number of fused-ring (bicyclic) bond motifs is 1. The number of halogens is 1. The molecule has 0 amide bonds. The summed E-state index contributed by atoms with van der Waals surface area (Å²) >= 11 is 0. The molecule has 0 aliphatic heterocycles. The first-order chi connectivity index (χ1) is 13.7. The van der Waals surface area contributed by atoms with Gasteiger partial charge in [0.15, 0.2) is 5.65 Å². The van der Waals surface area contributed by atoms with E-state index in [4.69, 9.17) is 10.1 Å². The predicted molar refractivity (Wildman–Crippen MR) is 111 cm³/mol. The van der Waals surface area contributed by atoms with E-state index in [0.29, 0.717) is 11.9 Å². The second kappa shape index (κ2) is 8.67. The average Bonchev–Trinajstić information content (AvgIpc) is 3.07. The molecule has 0 spiro atoms. The third kappa shape index (κ3) is 4.16. The third-order valence-electron chi connectivity index (χ3n) is 5.58. The Morgan fingerprint density at radius 2 is 1.93 bits per heavy atom. The zero-order chi connectivity index (χ0) is 19.3. The highest BCUT2D eigenvalue weighted by atomic mass is 19.1. The number of nitrogens with one attached hydrogen (secondary N) is 1. The van der Waals surface area contributed by atoms with Gasteiger partial charge in [0.25, 0.3) is 0 Å². The van der Waals surface area contributed by atoms with Crippen molar-refractivity contribution >= 4 is 17.0 Å². The van der Waals surface area contributed by atoms with Gasteiger partial charge in [0.2, 0.25) is 5.95 Å². The topological polar surface area (TPSA) is 55.6 Å². The van der Waals surface area contributed by atoms with Gasteiger partial charge >= 0.3 is 0 Å². The SMILES string of the molecule is CCCCNc1ncc2c(-c3ccc(F)cc3)nn(CC3CCCCC3)c2n1. The van der Waals surface area contributed by atoms with Crippen LogP contribution in [0.15, 0.2) is 30.5 Å². The van der Waals surface area contributed by atoms with Crippen LogP contribution in [0.3, 0.4) is 0 Å². The van der Waals surface area contributed by atoms with Crippen molar-refractivity contribution in [3.05, 3.63) is 36.3 Å². The van der Waals surface area contributed by atoms with Gasteiger partial charge in [-0.3, -0.25) is 0 Å². The number of rotatable bonds is 7.